The van der Waals surface area contributed by atoms with Crippen molar-refractivity contribution in [2.45, 2.75) is 25.8 Å². The smallest absolute Gasteiger partial charge is 0.272 e. The van der Waals surface area contributed by atoms with Crippen LogP contribution in [0.5, 0.6) is 0 Å². The molecule has 6 nitrogen and oxygen atoms in total. The zero-order valence-corrected chi connectivity index (χ0v) is 13.4. The quantitative estimate of drug-likeness (QED) is 0.934. The van der Waals surface area contributed by atoms with Crippen molar-refractivity contribution in [3.8, 4) is 0 Å². The van der Waals surface area contributed by atoms with Gasteiger partial charge in [-0.3, -0.25) is 19.6 Å². The highest BCUT2D eigenvalue weighted by Crippen LogP contribution is 2.13. The number of rotatable bonds is 4. The first kappa shape index (κ1) is 16.1. The lowest BCUT2D eigenvalue weighted by Crippen LogP contribution is -2.36. The van der Waals surface area contributed by atoms with Crippen molar-refractivity contribution in [1.82, 2.24) is 20.2 Å². The maximum absolute atomic E-state index is 12.5. The molecule has 2 aromatic heterocycles. The second-order valence-corrected chi connectivity index (χ2v) is 5.79. The lowest BCUT2D eigenvalue weighted by Gasteiger charge is -2.26. The molecule has 1 saturated heterocycles. The van der Waals surface area contributed by atoms with Crippen molar-refractivity contribution >= 4 is 11.8 Å². The third kappa shape index (κ3) is 3.95. The van der Waals surface area contributed by atoms with E-state index in [-0.39, 0.29) is 11.8 Å². The van der Waals surface area contributed by atoms with Gasteiger partial charge in [-0.1, -0.05) is 6.07 Å². The summed E-state index contributed by atoms with van der Waals surface area (Å²) in [6, 6.07) is 8.71. The maximum atomic E-state index is 12.5. The Hall–Kier alpha value is -2.76. The Morgan fingerprint density at radius 3 is 2.62 bits per heavy atom. The van der Waals surface area contributed by atoms with E-state index in [0.29, 0.717) is 17.8 Å². The Balaban J connectivity index is 1.65. The second kappa shape index (κ2) is 7.68. The molecule has 124 valence electrons. The topological polar surface area (TPSA) is 75.2 Å². The predicted octanol–water partition coefficient (Wildman–Crippen LogP) is 2.03. The zero-order chi connectivity index (χ0) is 16.8. The highest BCUT2D eigenvalue weighted by Gasteiger charge is 2.20. The van der Waals surface area contributed by atoms with E-state index in [1.165, 1.54) is 6.20 Å². The van der Waals surface area contributed by atoms with Crippen LogP contribution in [0.25, 0.3) is 0 Å². The number of likely N-dealkylation sites (tertiary alicyclic amines) is 1. The number of carbonyl (C=O) groups is 2. The molecule has 1 N–H and O–H groups in total. The zero-order valence-electron chi connectivity index (χ0n) is 13.4. The van der Waals surface area contributed by atoms with E-state index < -0.39 is 0 Å². The van der Waals surface area contributed by atoms with Gasteiger partial charge in [0, 0.05) is 31.0 Å². The highest BCUT2D eigenvalue weighted by atomic mass is 16.2. The Morgan fingerprint density at radius 1 is 1.04 bits per heavy atom. The van der Waals surface area contributed by atoms with Crippen LogP contribution < -0.4 is 5.32 Å². The van der Waals surface area contributed by atoms with Crippen LogP contribution in [0.2, 0.25) is 0 Å². The second-order valence-electron chi connectivity index (χ2n) is 5.79. The maximum Gasteiger partial charge on any atom is 0.272 e. The molecule has 6 heteroatoms. The summed E-state index contributed by atoms with van der Waals surface area (Å²) in [5.41, 5.74) is 1.54. The molecule has 2 amide bonds. The average Bonchev–Trinajstić information content (AvgIpc) is 2.67. The van der Waals surface area contributed by atoms with Gasteiger partial charge in [0.2, 0.25) is 0 Å². The number of amides is 2. The summed E-state index contributed by atoms with van der Waals surface area (Å²) in [7, 11) is 0. The fraction of sp³-hybridized carbons (Fsp3) is 0.333. The summed E-state index contributed by atoms with van der Waals surface area (Å²) in [6.07, 6.45) is 6.40. The summed E-state index contributed by atoms with van der Waals surface area (Å²) >= 11 is 0. The first-order chi connectivity index (χ1) is 11.7. The van der Waals surface area contributed by atoms with E-state index in [1.54, 1.807) is 23.2 Å². The number of hydrogen-bond donors (Lipinski definition) is 1. The van der Waals surface area contributed by atoms with Crippen LogP contribution in [0.1, 0.15) is 45.8 Å². The molecule has 3 heterocycles. The fourth-order valence-corrected chi connectivity index (χ4v) is 2.72. The summed E-state index contributed by atoms with van der Waals surface area (Å²) in [4.78, 5) is 34.9. The summed E-state index contributed by atoms with van der Waals surface area (Å²) in [5, 5.41) is 2.81. The van der Waals surface area contributed by atoms with E-state index >= 15 is 0 Å². The number of pyridine rings is 2. The molecular weight excluding hydrogens is 304 g/mol. The summed E-state index contributed by atoms with van der Waals surface area (Å²) < 4.78 is 0. The molecule has 0 bridgehead atoms. The van der Waals surface area contributed by atoms with Crippen LogP contribution in [0.4, 0.5) is 0 Å². The molecule has 0 unspecified atom stereocenters. The van der Waals surface area contributed by atoms with Gasteiger partial charge in [0.05, 0.1) is 12.2 Å². The highest BCUT2D eigenvalue weighted by molar-refractivity contribution is 5.98. The van der Waals surface area contributed by atoms with E-state index in [2.05, 4.69) is 15.3 Å². The van der Waals surface area contributed by atoms with Gasteiger partial charge >= 0.3 is 0 Å². The van der Waals surface area contributed by atoms with Crippen LogP contribution >= 0.6 is 0 Å². The normalized spacial score (nSPS) is 14.2. The summed E-state index contributed by atoms with van der Waals surface area (Å²) in [6.45, 7) is 1.87. The van der Waals surface area contributed by atoms with Gasteiger partial charge in [-0.25, -0.2) is 0 Å². The molecule has 2 aromatic rings. The van der Waals surface area contributed by atoms with Crippen molar-refractivity contribution in [1.29, 1.82) is 0 Å². The molecule has 1 aliphatic rings. The van der Waals surface area contributed by atoms with Crippen molar-refractivity contribution in [2.75, 3.05) is 13.1 Å². The van der Waals surface area contributed by atoms with Crippen LogP contribution in [-0.2, 0) is 6.54 Å². The van der Waals surface area contributed by atoms with Crippen LogP contribution in [0.15, 0.2) is 42.7 Å². The van der Waals surface area contributed by atoms with E-state index in [1.807, 2.05) is 18.2 Å². The first-order valence-electron chi connectivity index (χ1n) is 8.17. The number of nitrogens with one attached hydrogen (secondary N) is 1. The third-order valence-corrected chi connectivity index (χ3v) is 4.04. The van der Waals surface area contributed by atoms with E-state index in [9.17, 15) is 9.59 Å². The molecule has 0 aromatic carbocycles. The Bertz CT molecular complexity index is 712. The van der Waals surface area contributed by atoms with Crippen LogP contribution in [-0.4, -0.2) is 39.8 Å². The molecule has 3 rings (SSSR count). The molecule has 0 spiro atoms. The minimum absolute atomic E-state index is 0.103. The van der Waals surface area contributed by atoms with Crippen molar-refractivity contribution in [3.05, 3.63) is 59.7 Å². The molecule has 0 atom stereocenters. The first-order valence-corrected chi connectivity index (χ1v) is 8.17. The minimum Gasteiger partial charge on any atom is -0.346 e. The molecule has 1 aliphatic heterocycles. The minimum atomic E-state index is -0.240. The van der Waals surface area contributed by atoms with Crippen molar-refractivity contribution in [3.63, 3.8) is 0 Å². The SMILES string of the molecule is O=C(NCc1ccccn1)c1ccnc(C(=O)N2CCCCC2)c1. The molecule has 0 radical (unpaired) electrons. The molecular formula is C18H20N4O2. The molecule has 24 heavy (non-hydrogen) atoms. The number of piperidine rings is 1. The van der Waals surface area contributed by atoms with Gasteiger partial charge in [-0.05, 0) is 43.5 Å². The van der Waals surface area contributed by atoms with Gasteiger partial charge in [-0.15, -0.1) is 0 Å². The average molecular weight is 324 g/mol. The van der Waals surface area contributed by atoms with Crippen molar-refractivity contribution < 1.29 is 9.59 Å². The van der Waals surface area contributed by atoms with Gasteiger partial charge < -0.3 is 10.2 Å². The number of hydrogen-bond acceptors (Lipinski definition) is 4. The van der Waals surface area contributed by atoms with Gasteiger partial charge in [0.15, 0.2) is 0 Å². The lowest BCUT2D eigenvalue weighted by molar-refractivity contribution is 0.0718. The van der Waals surface area contributed by atoms with Gasteiger partial charge in [0.25, 0.3) is 11.8 Å². The number of carbonyl (C=O) groups excluding carboxylic acids is 2. The Labute approximate surface area is 140 Å². The largest absolute Gasteiger partial charge is 0.346 e. The van der Waals surface area contributed by atoms with Crippen LogP contribution in [0, 0.1) is 0 Å². The molecule has 1 fully saturated rings. The fourth-order valence-electron chi connectivity index (χ4n) is 2.72. The molecule has 0 saturated carbocycles. The third-order valence-electron chi connectivity index (χ3n) is 4.04. The van der Waals surface area contributed by atoms with Crippen molar-refractivity contribution in [2.24, 2.45) is 0 Å². The van der Waals surface area contributed by atoms with Gasteiger partial charge in [-0.2, -0.15) is 0 Å². The van der Waals surface area contributed by atoms with E-state index in [0.717, 1.165) is 38.0 Å². The van der Waals surface area contributed by atoms with Gasteiger partial charge in [0.1, 0.15) is 5.69 Å². The standard InChI is InChI=1S/C18H20N4O2/c23-17(21-13-15-6-2-3-8-19-15)14-7-9-20-16(12-14)18(24)22-10-4-1-5-11-22/h2-3,6-9,12H,1,4-5,10-11,13H2,(H,21,23). The lowest BCUT2D eigenvalue weighted by atomic mass is 10.1. The van der Waals surface area contributed by atoms with E-state index in [4.69, 9.17) is 0 Å². The monoisotopic (exact) mass is 324 g/mol. The summed E-state index contributed by atoms with van der Waals surface area (Å²) in [5.74, 6) is -0.343. The predicted molar refractivity (Wildman–Crippen MR) is 89.4 cm³/mol. The number of aromatic nitrogens is 2. The Kier molecular flexibility index (Phi) is 5.15. The Morgan fingerprint density at radius 2 is 1.88 bits per heavy atom. The van der Waals surface area contributed by atoms with Crippen LogP contribution in [0.3, 0.4) is 0 Å². The molecule has 0 aliphatic carbocycles. The number of nitrogens with zero attached hydrogens (tertiary/aromatic N) is 3.